The smallest absolute Gasteiger partial charge is 0.313 e. The first kappa shape index (κ1) is 27.2. The van der Waals surface area contributed by atoms with Gasteiger partial charge < -0.3 is 34.3 Å². The molecule has 8 nitrogen and oxygen atoms in total. The number of fused-ring (bicyclic) bond motifs is 9. The van der Waals surface area contributed by atoms with Crippen LogP contribution in [-0.4, -0.2) is 41.1 Å². The fraction of sp³-hybridized carbons (Fsp3) is 0.286. The fourth-order valence-corrected chi connectivity index (χ4v) is 6.90. The number of ketones is 1. The lowest BCUT2D eigenvalue weighted by molar-refractivity contribution is -0.233. The van der Waals surface area contributed by atoms with Gasteiger partial charge in [0.2, 0.25) is 5.78 Å². The maximum atomic E-state index is 14.4. The molecule has 0 saturated carbocycles. The van der Waals surface area contributed by atoms with Crippen LogP contribution in [0.3, 0.4) is 0 Å². The summed E-state index contributed by atoms with van der Waals surface area (Å²) in [5.41, 5.74) is 2.03. The zero-order valence-corrected chi connectivity index (χ0v) is 25.0. The van der Waals surface area contributed by atoms with Crippen LogP contribution in [0, 0.1) is 20.8 Å². The molecule has 0 aromatic heterocycles. The third-order valence-electron chi connectivity index (χ3n) is 9.36. The molecule has 0 radical (unpaired) electrons. The molecule has 0 saturated heterocycles. The summed E-state index contributed by atoms with van der Waals surface area (Å²) in [6, 6.07) is 12.3. The molecule has 1 aliphatic heterocycles. The highest BCUT2D eigenvalue weighted by Crippen LogP contribution is 2.58. The van der Waals surface area contributed by atoms with Gasteiger partial charge >= 0.3 is 5.79 Å². The lowest BCUT2D eigenvalue weighted by Crippen LogP contribution is -2.63. The molecule has 1 heterocycles. The van der Waals surface area contributed by atoms with E-state index in [0.717, 1.165) is 27.1 Å². The van der Waals surface area contributed by atoms with Crippen LogP contribution in [-0.2, 0) is 14.9 Å². The van der Waals surface area contributed by atoms with E-state index in [0.29, 0.717) is 50.3 Å². The third kappa shape index (κ3) is 3.38. The van der Waals surface area contributed by atoms with Crippen molar-refractivity contribution in [2.45, 2.75) is 51.9 Å². The summed E-state index contributed by atoms with van der Waals surface area (Å²) in [6.07, 6.45) is -1.07. The standard InChI is InChI=1S/C35H32O8/c1-15-8-21-23(11-26(15)37)30-24(14-27(21)38)34(4,5)33(39)35(41-7)32(30)42-29-13-20-18(17(3)31(29)43-35)12-28(40-6)22-9-16(2)25(36)10-19(20)22/h8-14,32,36-38H,1-7H3/t32-,35-/m0/s1. The highest BCUT2D eigenvalue weighted by molar-refractivity contribution is 6.13. The van der Waals surface area contributed by atoms with E-state index >= 15 is 0 Å². The number of carbonyl (C=O) groups is 1. The van der Waals surface area contributed by atoms with Crippen molar-refractivity contribution in [2.75, 3.05) is 14.2 Å². The van der Waals surface area contributed by atoms with Crippen LogP contribution in [0.1, 0.15) is 47.8 Å². The van der Waals surface area contributed by atoms with Gasteiger partial charge in [-0.15, -0.1) is 0 Å². The first-order valence-corrected chi connectivity index (χ1v) is 14.1. The number of phenolic OH excluding ortho intramolecular Hbond substituents is 3. The van der Waals surface area contributed by atoms with Gasteiger partial charge in [-0.05, 0) is 115 Å². The van der Waals surface area contributed by atoms with Gasteiger partial charge in [-0.25, -0.2) is 0 Å². The summed E-state index contributed by atoms with van der Waals surface area (Å²) >= 11 is 0. The number of benzene rings is 5. The Bertz CT molecular complexity index is 2080. The second-order valence-electron chi connectivity index (χ2n) is 12.2. The molecule has 7 rings (SSSR count). The molecule has 0 amide bonds. The Kier molecular flexibility index (Phi) is 5.48. The monoisotopic (exact) mass is 580 g/mol. The van der Waals surface area contributed by atoms with Crippen molar-refractivity contribution in [1.82, 2.24) is 0 Å². The maximum absolute atomic E-state index is 14.4. The van der Waals surface area contributed by atoms with Gasteiger partial charge in [0.15, 0.2) is 17.6 Å². The molecule has 0 unspecified atom stereocenters. The number of aromatic hydroxyl groups is 3. The second kappa shape index (κ2) is 8.67. The van der Waals surface area contributed by atoms with E-state index in [-0.39, 0.29) is 23.0 Å². The maximum Gasteiger partial charge on any atom is 0.313 e. The molecule has 5 aromatic carbocycles. The molecule has 0 fully saturated rings. The molecular weight excluding hydrogens is 548 g/mol. The number of methoxy groups -OCH3 is 2. The van der Waals surface area contributed by atoms with Crippen molar-refractivity contribution in [3.8, 4) is 34.5 Å². The number of aryl methyl sites for hydroxylation is 3. The number of hydrogen-bond donors (Lipinski definition) is 3. The largest absolute Gasteiger partial charge is 0.508 e. The van der Waals surface area contributed by atoms with E-state index in [2.05, 4.69) is 0 Å². The van der Waals surface area contributed by atoms with Gasteiger partial charge in [0, 0.05) is 29.0 Å². The number of carbonyl (C=O) groups excluding carboxylic acids is 1. The zero-order chi connectivity index (χ0) is 30.7. The first-order chi connectivity index (χ1) is 20.3. The summed E-state index contributed by atoms with van der Waals surface area (Å²) < 4.78 is 25.2. The predicted octanol–water partition coefficient (Wildman–Crippen LogP) is 6.91. The van der Waals surface area contributed by atoms with Crippen LogP contribution in [0.2, 0.25) is 0 Å². The lowest BCUT2D eigenvalue weighted by Gasteiger charge is -2.50. The Morgan fingerprint density at radius 3 is 2.02 bits per heavy atom. The van der Waals surface area contributed by atoms with Crippen LogP contribution < -0.4 is 14.2 Å². The van der Waals surface area contributed by atoms with Crippen LogP contribution >= 0.6 is 0 Å². The molecule has 220 valence electrons. The van der Waals surface area contributed by atoms with E-state index in [9.17, 15) is 20.1 Å². The highest BCUT2D eigenvalue weighted by Gasteiger charge is 2.64. The van der Waals surface area contributed by atoms with Crippen LogP contribution in [0.25, 0.3) is 32.3 Å². The molecule has 43 heavy (non-hydrogen) atoms. The Morgan fingerprint density at radius 2 is 1.37 bits per heavy atom. The van der Waals surface area contributed by atoms with E-state index < -0.39 is 17.3 Å². The van der Waals surface area contributed by atoms with Crippen molar-refractivity contribution in [2.24, 2.45) is 0 Å². The van der Waals surface area contributed by atoms with Gasteiger partial charge in [0.05, 0.1) is 12.5 Å². The lowest BCUT2D eigenvalue weighted by atomic mass is 9.66. The first-order valence-electron chi connectivity index (χ1n) is 14.1. The minimum absolute atomic E-state index is 0.00266. The number of phenols is 3. The SMILES string of the molecule is COc1cc2c(C)c3c(cc2c2cc(O)c(C)cc12)O[C@H]1c2c(cc(O)c4cc(C)c(O)cc24)C(C)(C)C(=O)[C@@]1(OC)O3. The Morgan fingerprint density at radius 1 is 0.744 bits per heavy atom. The van der Waals surface area contributed by atoms with Crippen molar-refractivity contribution < 1.29 is 39.1 Å². The van der Waals surface area contributed by atoms with Gasteiger partial charge in [0.25, 0.3) is 0 Å². The fourth-order valence-electron chi connectivity index (χ4n) is 6.90. The van der Waals surface area contributed by atoms with Gasteiger partial charge in [-0.3, -0.25) is 4.79 Å². The molecule has 8 heteroatoms. The van der Waals surface area contributed by atoms with Crippen molar-refractivity contribution in [3.05, 3.63) is 70.3 Å². The summed E-state index contributed by atoms with van der Waals surface area (Å²) in [7, 11) is 3.02. The molecule has 0 bridgehead atoms. The minimum Gasteiger partial charge on any atom is -0.508 e. The van der Waals surface area contributed by atoms with Crippen LogP contribution in [0.5, 0.6) is 34.5 Å². The number of Topliss-reactive ketones (excluding diaryl/α,β-unsaturated/α-hetero) is 1. The minimum atomic E-state index is -1.86. The second-order valence-corrected chi connectivity index (χ2v) is 12.2. The zero-order valence-electron chi connectivity index (χ0n) is 25.0. The highest BCUT2D eigenvalue weighted by atomic mass is 16.7. The molecule has 0 spiro atoms. The topological polar surface area (TPSA) is 115 Å². The van der Waals surface area contributed by atoms with E-state index in [1.807, 2.05) is 32.0 Å². The molecule has 2 atom stereocenters. The average Bonchev–Trinajstić information content (AvgIpc) is 2.97. The van der Waals surface area contributed by atoms with Crippen LogP contribution in [0.4, 0.5) is 0 Å². The summed E-state index contributed by atoms with van der Waals surface area (Å²) in [4.78, 5) is 14.4. The van der Waals surface area contributed by atoms with E-state index in [1.165, 1.54) is 7.11 Å². The quantitative estimate of drug-likeness (QED) is 0.193. The predicted molar refractivity (Wildman–Crippen MR) is 163 cm³/mol. The van der Waals surface area contributed by atoms with Crippen molar-refractivity contribution in [1.29, 1.82) is 0 Å². The number of rotatable bonds is 2. The number of ether oxygens (including phenoxy) is 4. The van der Waals surface area contributed by atoms with Gasteiger partial charge in [-0.1, -0.05) is 0 Å². The van der Waals surface area contributed by atoms with Gasteiger partial charge in [0.1, 0.15) is 23.0 Å². The average molecular weight is 581 g/mol. The van der Waals surface area contributed by atoms with Crippen molar-refractivity contribution >= 4 is 38.1 Å². The summed E-state index contributed by atoms with van der Waals surface area (Å²) in [5.74, 6) is -0.634. The molecule has 5 aromatic rings. The third-order valence-corrected chi connectivity index (χ3v) is 9.36. The molecule has 1 aliphatic carbocycles. The summed E-state index contributed by atoms with van der Waals surface area (Å²) in [6.45, 7) is 9.00. The molecular formula is C35H32O8. The Balaban J connectivity index is 1.57. The Hall–Kier alpha value is -4.69. The van der Waals surface area contributed by atoms with Crippen LogP contribution in [0.15, 0.2) is 42.5 Å². The normalized spacial score (nSPS) is 20.3. The summed E-state index contributed by atoms with van der Waals surface area (Å²) in [5, 5.41) is 36.7. The molecule has 3 N–H and O–H groups in total. The van der Waals surface area contributed by atoms with E-state index in [4.69, 9.17) is 18.9 Å². The van der Waals surface area contributed by atoms with Gasteiger partial charge in [-0.2, -0.15) is 0 Å². The number of hydrogen-bond acceptors (Lipinski definition) is 8. The van der Waals surface area contributed by atoms with E-state index in [1.54, 1.807) is 52.1 Å². The molecule has 2 aliphatic rings. The van der Waals surface area contributed by atoms with Crippen molar-refractivity contribution in [3.63, 3.8) is 0 Å². The Labute approximate surface area is 248 Å².